The van der Waals surface area contributed by atoms with Gasteiger partial charge in [0.05, 0.1) is 5.69 Å². The fourth-order valence-electron chi connectivity index (χ4n) is 2.37. The van der Waals surface area contributed by atoms with Crippen molar-refractivity contribution in [2.75, 3.05) is 11.9 Å². The van der Waals surface area contributed by atoms with Crippen LogP contribution in [0.1, 0.15) is 0 Å². The zero-order valence-corrected chi connectivity index (χ0v) is 16.1. The van der Waals surface area contributed by atoms with Crippen molar-refractivity contribution in [3.05, 3.63) is 65.1 Å². The number of ether oxygens (including phenoxy) is 1. The molecule has 11 heteroatoms. The number of aromatic nitrogens is 2. The van der Waals surface area contributed by atoms with Crippen LogP contribution in [0.5, 0.6) is 0 Å². The minimum atomic E-state index is -2.65. The van der Waals surface area contributed by atoms with E-state index in [4.69, 9.17) is 9.15 Å². The lowest BCUT2D eigenvalue weighted by molar-refractivity contribution is -0.148. The highest BCUT2D eigenvalue weighted by Gasteiger charge is 2.16. The highest BCUT2D eigenvalue weighted by Crippen LogP contribution is 2.31. The van der Waals surface area contributed by atoms with Crippen LogP contribution in [0.3, 0.4) is 0 Å². The van der Waals surface area contributed by atoms with Crippen LogP contribution in [-0.4, -0.2) is 34.0 Å². The number of alkyl halides is 2. The number of hydrogen-bond acceptors (Lipinski definition) is 7. The third kappa shape index (κ3) is 5.77. The number of para-hydroxylation sites is 1. The number of thioether (sulfide) groups is 1. The average Bonchev–Trinajstić information content (AvgIpc) is 3.08. The first kappa shape index (κ1) is 21.2. The lowest BCUT2D eigenvalue weighted by Gasteiger charge is -2.10. The van der Waals surface area contributed by atoms with E-state index in [1.807, 2.05) is 0 Å². The van der Waals surface area contributed by atoms with Gasteiger partial charge in [0.2, 0.25) is 5.89 Å². The van der Waals surface area contributed by atoms with Crippen LogP contribution in [0.2, 0.25) is 0 Å². The zero-order chi connectivity index (χ0) is 21.5. The van der Waals surface area contributed by atoms with E-state index in [0.29, 0.717) is 5.56 Å². The fourth-order valence-corrected chi connectivity index (χ4v) is 2.97. The highest BCUT2D eigenvalue weighted by molar-refractivity contribution is 7.99. The van der Waals surface area contributed by atoms with Gasteiger partial charge in [0, 0.05) is 10.5 Å². The smallest absolute Gasteiger partial charge is 0.437 e. The Labute approximate surface area is 172 Å². The van der Waals surface area contributed by atoms with Gasteiger partial charge in [-0.25, -0.2) is 4.79 Å². The van der Waals surface area contributed by atoms with Gasteiger partial charge < -0.3 is 14.5 Å². The van der Waals surface area contributed by atoms with E-state index in [1.54, 1.807) is 42.5 Å². The summed E-state index contributed by atoms with van der Waals surface area (Å²) in [6.07, 6.45) is 0. The Morgan fingerprint density at radius 2 is 1.83 bits per heavy atom. The summed E-state index contributed by atoms with van der Waals surface area (Å²) < 4.78 is 35.8. The number of nitrogens with zero attached hydrogens (tertiary/aromatic N) is 2. The summed E-state index contributed by atoms with van der Waals surface area (Å²) in [5, 5.41) is 6.32. The third-order valence-corrected chi connectivity index (χ3v) is 4.44. The molecule has 3 rings (SSSR count). The predicted octanol–water partition coefficient (Wildman–Crippen LogP) is 3.00. The van der Waals surface area contributed by atoms with Gasteiger partial charge in [-0.1, -0.05) is 42.1 Å². The molecule has 3 aromatic rings. The normalized spacial score (nSPS) is 10.8. The van der Waals surface area contributed by atoms with Gasteiger partial charge in [-0.3, -0.25) is 9.59 Å². The number of nitrogens with one attached hydrogen (secondary N) is 1. The molecule has 2 aromatic carbocycles. The van der Waals surface area contributed by atoms with Gasteiger partial charge in [0.15, 0.2) is 6.61 Å². The Morgan fingerprint density at radius 1 is 1.13 bits per heavy atom. The van der Waals surface area contributed by atoms with Crippen LogP contribution in [0, 0.1) is 0 Å². The Hall–Kier alpha value is -3.47. The second-order valence-electron chi connectivity index (χ2n) is 5.78. The van der Waals surface area contributed by atoms with Gasteiger partial charge in [-0.15, -0.1) is 5.10 Å². The molecular formula is C19H15F2N3O5S. The number of amides is 1. The number of esters is 1. The van der Waals surface area contributed by atoms with E-state index in [1.165, 1.54) is 12.1 Å². The molecule has 0 unspecified atom stereocenters. The summed E-state index contributed by atoms with van der Waals surface area (Å²) in [4.78, 5) is 35.9. The van der Waals surface area contributed by atoms with Crippen molar-refractivity contribution in [1.82, 2.24) is 9.78 Å². The van der Waals surface area contributed by atoms with Crippen molar-refractivity contribution in [2.24, 2.45) is 0 Å². The van der Waals surface area contributed by atoms with Gasteiger partial charge in [0.25, 0.3) is 11.7 Å². The maximum Gasteiger partial charge on any atom is 0.437 e. The van der Waals surface area contributed by atoms with Gasteiger partial charge in [-0.2, -0.15) is 13.5 Å². The first-order chi connectivity index (χ1) is 14.4. The van der Waals surface area contributed by atoms with E-state index in [-0.39, 0.29) is 28.2 Å². The molecule has 0 fully saturated rings. The summed E-state index contributed by atoms with van der Waals surface area (Å²) in [7, 11) is 0. The van der Waals surface area contributed by atoms with Crippen molar-refractivity contribution < 1.29 is 27.5 Å². The van der Waals surface area contributed by atoms with Crippen LogP contribution >= 0.6 is 11.8 Å². The van der Waals surface area contributed by atoms with E-state index < -0.39 is 36.5 Å². The van der Waals surface area contributed by atoms with Crippen molar-refractivity contribution >= 4 is 29.3 Å². The molecule has 1 aromatic heterocycles. The van der Waals surface area contributed by atoms with Crippen LogP contribution in [0.25, 0.3) is 11.5 Å². The van der Waals surface area contributed by atoms with Crippen LogP contribution in [-0.2, 0) is 20.9 Å². The molecule has 30 heavy (non-hydrogen) atoms. The number of benzene rings is 2. The Morgan fingerprint density at radius 3 is 2.57 bits per heavy atom. The molecule has 1 amide bonds. The van der Waals surface area contributed by atoms with Crippen LogP contribution in [0.15, 0.2) is 68.7 Å². The molecule has 0 radical (unpaired) electrons. The molecule has 1 N–H and O–H groups in total. The Balaban J connectivity index is 1.55. The molecular weight excluding hydrogens is 420 g/mol. The SMILES string of the molecule is O=C(COC(=O)Cn1nc(-c2ccccc2)oc1=O)Nc1ccccc1SC(F)F. The zero-order valence-electron chi connectivity index (χ0n) is 15.3. The van der Waals surface area contributed by atoms with E-state index in [2.05, 4.69) is 10.4 Å². The van der Waals surface area contributed by atoms with Crippen molar-refractivity contribution in [2.45, 2.75) is 17.2 Å². The number of anilines is 1. The van der Waals surface area contributed by atoms with Crippen LogP contribution < -0.4 is 11.1 Å². The largest absolute Gasteiger partial charge is 0.454 e. The second kappa shape index (κ2) is 9.83. The summed E-state index contributed by atoms with van der Waals surface area (Å²) in [6, 6.07) is 14.6. The summed E-state index contributed by atoms with van der Waals surface area (Å²) in [6.45, 7) is -1.22. The maximum absolute atomic E-state index is 12.6. The highest BCUT2D eigenvalue weighted by atomic mass is 32.2. The lowest BCUT2D eigenvalue weighted by atomic mass is 10.2. The number of hydrogen-bond donors (Lipinski definition) is 1. The molecule has 0 aliphatic carbocycles. The number of halogens is 2. The second-order valence-corrected chi connectivity index (χ2v) is 6.81. The Kier molecular flexibility index (Phi) is 6.96. The van der Waals surface area contributed by atoms with Crippen LogP contribution in [0.4, 0.5) is 14.5 Å². The summed E-state index contributed by atoms with van der Waals surface area (Å²) in [5.41, 5.74) is 0.727. The molecule has 0 spiro atoms. The molecule has 156 valence electrons. The van der Waals surface area contributed by atoms with Crippen molar-refractivity contribution in [3.8, 4) is 11.5 Å². The number of carbonyl (C=O) groups is 2. The molecule has 0 aliphatic rings. The van der Waals surface area contributed by atoms with E-state index in [0.717, 1.165) is 4.68 Å². The third-order valence-electron chi connectivity index (χ3n) is 3.65. The van der Waals surface area contributed by atoms with Crippen molar-refractivity contribution in [3.63, 3.8) is 0 Å². The number of rotatable bonds is 8. The summed E-state index contributed by atoms with van der Waals surface area (Å²) in [5.74, 6) is -5.08. The van der Waals surface area contributed by atoms with E-state index >= 15 is 0 Å². The molecule has 1 heterocycles. The molecule has 0 atom stereocenters. The predicted molar refractivity (Wildman–Crippen MR) is 104 cm³/mol. The molecule has 0 saturated heterocycles. The topological polar surface area (TPSA) is 103 Å². The quantitative estimate of drug-likeness (QED) is 0.429. The summed E-state index contributed by atoms with van der Waals surface area (Å²) >= 11 is 0.283. The minimum Gasteiger partial charge on any atom is -0.454 e. The first-order valence-corrected chi connectivity index (χ1v) is 9.43. The fraction of sp³-hybridized carbons (Fsp3) is 0.158. The molecule has 8 nitrogen and oxygen atoms in total. The molecule has 0 aliphatic heterocycles. The van der Waals surface area contributed by atoms with E-state index in [9.17, 15) is 23.2 Å². The lowest BCUT2D eigenvalue weighted by Crippen LogP contribution is -2.26. The van der Waals surface area contributed by atoms with Gasteiger partial charge >= 0.3 is 11.7 Å². The van der Waals surface area contributed by atoms with Gasteiger partial charge in [-0.05, 0) is 24.3 Å². The Bertz CT molecular complexity index is 1090. The van der Waals surface area contributed by atoms with Gasteiger partial charge in [0.1, 0.15) is 6.54 Å². The number of carbonyl (C=O) groups excluding carboxylic acids is 2. The molecule has 0 saturated carbocycles. The first-order valence-electron chi connectivity index (χ1n) is 8.55. The van der Waals surface area contributed by atoms with Crippen molar-refractivity contribution in [1.29, 1.82) is 0 Å². The minimum absolute atomic E-state index is 0.0410. The average molecular weight is 435 g/mol. The maximum atomic E-state index is 12.6. The molecule has 0 bridgehead atoms. The monoisotopic (exact) mass is 435 g/mol. The standard InChI is InChI=1S/C19H15F2N3O5S/c20-18(21)30-14-9-5-4-8-13(14)22-15(25)11-28-16(26)10-24-19(27)29-17(23-24)12-6-2-1-3-7-12/h1-9,18H,10-11H2,(H,22,25).